The number of hydrogen-bond donors (Lipinski definition) is 2. The number of benzene rings is 1. The van der Waals surface area contributed by atoms with Crippen LogP contribution < -0.4 is 10.6 Å². The Hall–Kier alpha value is -2.60. The molecular weight excluding hydrogens is 398 g/mol. The average Bonchev–Trinajstić information content (AvgIpc) is 3.46. The molecule has 6 nitrogen and oxygen atoms in total. The van der Waals surface area contributed by atoms with Crippen LogP contribution in [0.2, 0.25) is 0 Å². The summed E-state index contributed by atoms with van der Waals surface area (Å²) in [4.78, 5) is 17.9. The van der Waals surface area contributed by atoms with Gasteiger partial charge in [0.05, 0.1) is 12.6 Å². The van der Waals surface area contributed by atoms with Crippen LogP contribution in [-0.2, 0) is 24.8 Å². The van der Waals surface area contributed by atoms with Crippen LogP contribution in [0.4, 0.5) is 0 Å². The summed E-state index contributed by atoms with van der Waals surface area (Å²) >= 11 is 0. The Labute approximate surface area is 190 Å². The number of rotatable bonds is 6. The molecule has 1 saturated carbocycles. The van der Waals surface area contributed by atoms with Gasteiger partial charge in [0, 0.05) is 48.6 Å². The Morgan fingerprint density at radius 3 is 2.81 bits per heavy atom. The van der Waals surface area contributed by atoms with Gasteiger partial charge in [-0.25, -0.2) is 4.98 Å². The number of nitrogens with zero attached hydrogens (tertiary/aromatic N) is 3. The van der Waals surface area contributed by atoms with Crippen molar-refractivity contribution in [3.8, 4) is 0 Å². The molecule has 2 aliphatic rings. The molecule has 2 aromatic heterocycles. The lowest BCUT2D eigenvalue weighted by Gasteiger charge is -2.26. The highest BCUT2D eigenvalue weighted by atomic mass is 16.2. The summed E-state index contributed by atoms with van der Waals surface area (Å²) in [5, 5.41) is 8.40. The highest BCUT2D eigenvalue weighted by Crippen LogP contribution is 2.36. The van der Waals surface area contributed by atoms with Gasteiger partial charge in [0.1, 0.15) is 5.82 Å². The van der Waals surface area contributed by atoms with Crippen LogP contribution in [0.5, 0.6) is 0 Å². The molecule has 6 heteroatoms. The molecule has 2 atom stereocenters. The molecule has 1 fully saturated rings. The Morgan fingerprint density at radius 2 is 2.09 bits per heavy atom. The van der Waals surface area contributed by atoms with Gasteiger partial charge < -0.3 is 14.5 Å². The molecule has 5 rings (SSSR count). The van der Waals surface area contributed by atoms with E-state index in [1.807, 2.05) is 19.4 Å². The Morgan fingerprint density at radius 1 is 1.28 bits per heavy atom. The first-order chi connectivity index (χ1) is 15.5. The lowest BCUT2D eigenvalue weighted by Crippen LogP contribution is -2.49. The first kappa shape index (κ1) is 21.3. The molecule has 170 valence electrons. The van der Waals surface area contributed by atoms with Gasteiger partial charge in [0.25, 0.3) is 0 Å². The van der Waals surface area contributed by atoms with E-state index in [2.05, 4.69) is 63.0 Å². The Bertz CT molecular complexity index is 1100. The predicted octanol–water partition coefficient (Wildman–Crippen LogP) is 4.08. The van der Waals surface area contributed by atoms with Crippen molar-refractivity contribution >= 4 is 16.8 Å². The van der Waals surface area contributed by atoms with Crippen molar-refractivity contribution in [2.24, 2.45) is 13.0 Å². The van der Waals surface area contributed by atoms with E-state index in [0.29, 0.717) is 18.4 Å². The summed E-state index contributed by atoms with van der Waals surface area (Å²) in [5.41, 5.74) is 3.81. The molecule has 32 heavy (non-hydrogen) atoms. The largest absolute Gasteiger partial charge is 0.352 e. The van der Waals surface area contributed by atoms with E-state index in [4.69, 9.17) is 0 Å². The second kappa shape index (κ2) is 8.74. The van der Waals surface area contributed by atoms with E-state index in [0.717, 1.165) is 31.6 Å². The van der Waals surface area contributed by atoms with Crippen LogP contribution in [0.1, 0.15) is 68.9 Å². The molecule has 0 unspecified atom stereocenters. The molecule has 1 aliphatic heterocycles. The van der Waals surface area contributed by atoms with Crippen molar-refractivity contribution in [1.82, 2.24) is 24.8 Å². The van der Waals surface area contributed by atoms with Gasteiger partial charge in [-0.3, -0.25) is 10.1 Å². The van der Waals surface area contributed by atoms with Crippen LogP contribution >= 0.6 is 0 Å². The highest BCUT2D eigenvalue weighted by molar-refractivity contribution is 5.90. The number of imidazole rings is 1. The van der Waals surface area contributed by atoms with Crippen molar-refractivity contribution in [2.75, 3.05) is 0 Å². The van der Waals surface area contributed by atoms with E-state index < -0.39 is 0 Å². The minimum absolute atomic E-state index is 0.156. The van der Waals surface area contributed by atoms with E-state index in [1.54, 1.807) is 0 Å². The SMILES string of the molecule is CC(C)C[C@@H]1N[C@H](C(=O)NC2CCCC2)Cc2cn(Cc3nccn3C)c3cccc1c23. The maximum Gasteiger partial charge on any atom is 0.237 e. The lowest BCUT2D eigenvalue weighted by atomic mass is 9.94. The standard InChI is InChI=1S/C26H35N5O/c1-17(2)13-21-20-9-6-10-23-25(20)18(15-31(23)16-24-27-11-12-30(24)3)14-22(29-21)26(32)28-19-7-4-5-8-19/h6,9-12,15,17,19,21-22,29H,4-5,7-8,13-14,16H2,1-3H3,(H,28,32)/t21-,22-/m0/s1. The van der Waals surface area contributed by atoms with E-state index in [-0.39, 0.29) is 18.0 Å². The molecule has 1 aliphatic carbocycles. The number of aromatic nitrogens is 3. The number of amides is 1. The summed E-state index contributed by atoms with van der Waals surface area (Å²) < 4.78 is 4.38. The second-order valence-corrected chi connectivity index (χ2v) is 10.1. The van der Waals surface area contributed by atoms with Crippen LogP contribution in [0.3, 0.4) is 0 Å². The fourth-order valence-electron chi connectivity index (χ4n) is 5.56. The fourth-order valence-corrected chi connectivity index (χ4v) is 5.56. The van der Waals surface area contributed by atoms with Gasteiger partial charge in [-0.05, 0) is 48.8 Å². The van der Waals surface area contributed by atoms with Gasteiger partial charge in [-0.15, -0.1) is 0 Å². The summed E-state index contributed by atoms with van der Waals surface area (Å²) in [7, 11) is 2.04. The molecule has 1 aromatic carbocycles. The zero-order valence-corrected chi connectivity index (χ0v) is 19.5. The van der Waals surface area contributed by atoms with E-state index in [9.17, 15) is 4.79 Å². The first-order valence-corrected chi connectivity index (χ1v) is 12.1. The molecule has 1 amide bonds. The molecule has 0 bridgehead atoms. The summed E-state index contributed by atoms with van der Waals surface area (Å²) in [6, 6.07) is 6.91. The summed E-state index contributed by atoms with van der Waals surface area (Å²) in [6.45, 7) is 5.24. The van der Waals surface area contributed by atoms with Crippen molar-refractivity contribution in [1.29, 1.82) is 0 Å². The minimum Gasteiger partial charge on any atom is -0.352 e. The van der Waals surface area contributed by atoms with Crippen molar-refractivity contribution in [3.63, 3.8) is 0 Å². The molecule has 2 N–H and O–H groups in total. The second-order valence-electron chi connectivity index (χ2n) is 10.1. The lowest BCUT2D eigenvalue weighted by molar-refractivity contribution is -0.124. The van der Waals surface area contributed by atoms with Crippen molar-refractivity contribution < 1.29 is 4.79 Å². The maximum atomic E-state index is 13.3. The van der Waals surface area contributed by atoms with Gasteiger partial charge in [0.2, 0.25) is 5.91 Å². The first-order valence-electron chi connectivity index (χ1n) is 12.1. The number of carbonyl (C=O) groups excluding carboxylic acids is 1. The third-order valence-electron chi connectivity index (χ3n) is 7.18. The monoisotopic (exact) mass is 433 g/mol. The molecule has 0 radical (unpaired) electrons. The Balaban J connectivity index is 1.52. The van der Waals surface area contributed by atoms with Gasteiger partial charge in [-0.2, -0.15) is 0 Å². The van der Waals surface area contributed by atoms with E-state index in [1.165, 1.54) is 34.9 Å². The molecule has 0 spiro atoms. The molecule has 3 aromatic rings. The number of hydrogen-bond acceptors (Lipinski definition) is 3. The Kier molecular flexibility index (Phi) is 5.80. The number of nitrogens with one attached hydrogen (secondary N) is 2. The van der Waals surface area contributed by atoms with Crippen LogP contribution in [0, 0.1) is 5.92 Å². The highest BCUT2D eigenvalue weighted by Gasteiger charge is 2.32. The maximum absolute atomic E-state index is 13.3. The van der Waals surface area contributed by atoms with Crippen LogP contribution in [0.25, 0.3) is 10.9 Å². The zero-order valence-electron chi connectivity index (χ0n) is 19.5. The van der Waals surface area contributed by atoms with Gasteiger partial charge >= 0.3 is 0 Å². The number of aryl methyl sites for hydroxylation is 1. The summed E-state index contributed by atoms with van der Waals surface area (Å²) in [5.74, 6) is 1.73. The average molecular weight is 434 g/mol. The minimum atomic E-state index is -0.209. The van der Waals surface area contributed by atoms with E-state index >= 15 is 0 Å². The van der Waals surface area contributed by atoms with Crippen molar-refractivity contribution in [3.05, 3.63) is 53.7 Å². The van der Waals surface area contributed by atoms with Gasteiger partial charge in [-0.1, -0.05) is 38.8 Å². The normalized spacial score (nSPS) is 21.4. The van der Waals surface area contributed by atoms with Crippen LogP contribution in [0.15, 0.2) is 36.8 Å². The fraction of sp³-hybridized carbons (Fsp3) is 0.538. The van der Waals surface area contributed by atoms with Gasteiger partial charge in [0.15, 0.2) is 0 Å². The van der Waals surface area contributed by atoms with Crippen molar-refractivity contribution in [2.45, 2.75) is 77.0 Å². The third kappa shape index (κ3) is 4.08. The van der Waals surface area contributed by atoms with Crippen LogP contribution in [-0.4, -0.2) is 32.1 Å². The summed E-state index contributed by atoms with van der Waals surface area (Å²) in [6.07, 6.45) is 12.5. The smallest absolute Gasteiger partial charge is 0.237 e. The number of carbonyl (C=O) groups is 1. The topological polar surface area (TPSA) is 63.9 Å². The molecule has 0 saturated heterocycles. The molecular formula is C26H35N5O. The molecule has 3 heterocycles. The zero-order chi connectivity index (χ0) is 22.2. The predicted molar refractivity (Wildman–Crippen MR) is 127 cm³/mol. The third-order valence-corrected chi connectivity index (χ3v) is 7.18. The quantitative estimate of drug-likeness (QED) is 0.616.